The summed E-state index contributed by atoms with van der Waals surface area (Å²) < 4.78 is 0. The SMILES string of the molecule is CC.CCCCCCC.CN(C)c1ccccc1. The first-order chi connectivity index (χ1) is 8.72. The second kappa shape index (κ2) is 16.0. The van der Waals surface area contributed by atoms with Crippen LogP contribution in [0.1, 0.15) is 59.8 Å². The van der Waals surface area contributed by atoms with E-state index in [0.717, 1.165) is 0 Å². The third kappa shape index (κ3) is 13.1. The van der Waals surface area contributed by atoms with Crippen molar-refractivity contribution in [3.8, 4) is 0 Å². The highest BCUT2D eigenvalue weighted by molar-refractivity contribution is 5.43. The van der Waals surface area contributed by atoms with Gasteiger partial charge in [-0.2, -0.15) is 0 Å². The van der Waals surface area contributed by atoms with Crippen molar-refractivity contribution in [2.45, 2.75) is 59.8 Å². The number of nitrogens with zero attached hydrogens (tertiary/aromatic N) is 1. The van der Waals surface area contributed by atoms with E-state index in [1.54, 1.807) is 0 Å². The van der Waals surface area contributed by atoms with Crippen LogP contribution in [0, 0.1) is 0 Å². The Labute approximate surface area is 115 Å². The third-order valence-electron chi connectivity index (χ3n) is 2.48. The Hall–Kier alpha value is -0.980. The summed E-state index contributed by atoms with van der Waals surface area (Å²) in [5.41, 5.74) is 1.25. The van der Waals surface area contributed by atoms with E-state index < -0.39 is 0 Å². The predicted molar refractivity (Wildman–Crippen MR) is 86.6 cm³/mol. The standard InChI is InChI=1S/C8H11N.C7H16.C2H6/c1-9(2)8-6-4-3-5-7-8;1-3-5-7-6-4-2;1-2/h3-7H,1-2H3;3-7H2,1-2H3;1-2H3. The highest BCUT2D eigenvalue weighted by atomic mass is 15.1. The van der Waals surface area contributed by atoms with Gasteiger partial charge >= 0.3 is 0 Å². The fourth-order valence-electron chi connectivity index (χ4n) is 1.40. The van der Waals surface area contributed by atoms with Gasteiger partial charge in [-0.05, 0) is 12.1 Å². The fourth-order valence-corrected chi connectivity index (χ4v) is 1.40. The smallest absolute Gasteiger partial charge is 0.0360 e. The van der Waals surface area contributed by atoms with E-state index in [4.69, 9.17) is 0 Å². The minimum absolute atomic E-state index is 1.25. The average molecular weight is 251 g/mol. The molecule has 0 spiro atoms. The molecule has 0 atom stereocenters. The van der Waals surface area contributed by atoms with Gasteiger partial charge in [0.25, 0.3) is 0 Å². The van der Waals surface area contributed by atoms with E-state index in [1.165, 1.54) is 37.8 Å². The topological polar surface area (TPSA) is 3.24 Å². The molecule has 1 aromatic carbocycles. The molecule has 1 aromatic rings. The van der Waals surface area contributed by atoms with Crippen LogP contribution in [0.25, 0.3) is 0 Å². The Morgan fingerprint density at radius 3 is 1.50 bits per heavy atom. The van der Waals surface area contributed by atoms with Crippen molar-refractivity contribution in [3.63, 3.8) is 0 Å². The van der Waals surface area contributed by atoms with Crippen LogP contribution in [0.2, 0.25) is 0 Å². The van der Waals surface area contributed by atoms with Gasteiger partial charge in [-0.15, -0.1) is 0 Å². The van der Waals surface area contributed by atoms with Gasteiger partial charge in [-0.1, -0.05) is 78.0 Å². The monoisotopic (exact) mass is 251 g/mol. The third-order valence-corrected chi connectivity index (χ3v) is 2.48. The van der Waals surface area contributed by atoms with E-state index in [9.17, 15) is 0 Å². The molecule has 0 aliphatic rings. The number of para-hydroxylation sites is 1. The first-order valence-electron chi connectivity index (χ1n) is 7.44. The van der Waals surface area contributed by atoms with Gasteiger partial charge in [0.1, 0.15) is 0 Å². The molecule has 0 aliphatic heterocycles. The quantitative estimate of drug-likeness (QED) is 0.602. The second-order valence-corrected chi connectivity index (χ2v) is 4.29. The molecule has 1 heteroatoms. The Morgan fingerprint density at radius 1 is 0.778 bits per heavy atom. The average Bonchev–Trinajstić information content (AvgIpc) is 2.43. The summed E-state index contributed by atoms with van der Waals surface area (Å²) in [5.74, 6) is 0. The lowest BCUT2D eigenvalue weighted by Crippen LogP contribution is -2.07. The van der Waals surface area contributed by atoms with Gasteiger partial charge in [0.2, 0.25) is 0 Å². The van der Waals surface area contributed by atoms with Crippen molar-refractivity contribution < 1.29 is 0 Å². The maximum atomic E-state index is 2.25. The van der Waals surface area contributed by atoms with Crippen LogP contribution in [-0.4, -0.2) is 14.1 Å². The Bertz CT molecular complexity index is 225. The molecule has 18 heavy (non-hydrogen) atoms. The minimum atomic E-state index is 1.25. The Kier molecular flexibility index (Phi) is 17.2. The first kappa shape index (κ1) is 19.4. The second-order valence-electron chi connectivity index (χ2n) is 4.29. The van der Waals surface area contributed by atoms with E-state index in [1.807, 2.05) is 46.1 Å². The highest BCUT2D eigenvalue weighted by Crippen LogP contribution is 2.07. The van der Waals surface area contributed by atoms with Crippen LogP contribution < -0.4 is 4.90 Å². The van der Waals surface area contributed by atoms with Gasteiger partial charge in [-0.3, -0.25) is 0 Å². The number of benzene rings is 1. The van der Waals surface area contributed by atoms with Crippen LogP contribution in [0.3, 0.4) is 0 Å². The summed E-state index contributed by atoms with van der Waals surface area (Å²) in [5, 5.41) is 0. The van der Waals surface area contributed by atoms with Gasteiger partial charge < -0.3 is 4.90 Å². The molecule has 0 radical (unpaired) electrons. The fraction of sp³-hybridized carbons (Fsp3) is 0.647. The zero-order chi connectivity index (χ0) is 14.2. The molecule has 0 saturated carbocycles. The number of hydrogen-bond acceptors (Lipinski definition) is 1. The normalized spacial score (nSPS) is 8.56. The van der Waals surface area contributed by atoms with Gasteiger partial charge in [0.05, 0.1) is 0 Å². The summed E-state index contributed by atoms with van der Waals surface area (Å²) in [4.78, 5) is 2.08. The maximum absolute atomic E-state index is 2.25. The molecule has 0 aliphatic carbocycles. The molecule has 0 amide bonds. The number of anilines is 1. The van der Waals surface area contributed by atoms with Crippen molar-refractivity contribution in [1.29, 1.82) is 0 Å². The van der Waals surface area contributed by atoms with Crippen molar-refractivity contribution in [3.05, 3.63) is 30.3 Å². The lowest BCUT2D eigenvalue weighted by Gasteiger charge is -2.10. The molecule has 0 bridgehead atoms. The Morgan fingerprint density at radius 2 is 1.22 bits per heavy atom. The minimum Gasteiger partial charge on any atom is -0.378 e. The predicted octanol–water partition coefficient (Wildman–Crippen LogP) is 5.76. The summed E-state index contributed by atoms with van der Waals surface area (Å²) in [6, 6.07) is 10.3. The van der Waals surface area contributed by atoms with E-state index >= 15 is 0 Å². The van der Waals surface area contributed by atoms with Crippen LogP contribution >= 0.6 is 0 Å². The molecule has 0 fully saturated rings. The van der Waals surface area contributed by atoms with Crippen LogP contribution in [0.5, 0.6) is 0 Å². The van der Waals surface area contributed by atoms with Crippen molar-refractivity contribution in [2.75, 3.05) is 19.0 Å². The number of unbranched alkanes of at least 4 members (excludes halogenated alkanes) is 4. The zero-order valence-electron chi connectivity index (χ0n) is 13.4. The van der Waals surface area contributed by atoms with Crippen LogP contribution in [-0.2, 0) is 0 Å². The first-order valence-corrected chi connectivity index (χ1v) is 7.44. The molecule has 0 N–H and O–H groups in total. The summed E-state index contributed by atoms with van der Waals surface area (Å²) >= 11 is 0. The summed E-state index contributed by atoms with van der Waals surface area (Å²) in [6.07, 6.45) is 7.01. The lowest BCUT2D eigenvalue weighted by atomic mass is 10.2. The maximum Gasteiger partial charge on any atom is 0.0360 e. The largest absolute Gasteiger partial charge is 0.378 e. The van der Waals surface area contributed by atoms with Crippen LogP contribution in [0.4, 0.5) is 5.69 Å². The van der Waals surface area contributed by atoms with Gasteiger partial charge in [-0.25, -0.2) is 0 Å². The van der Waals surface area contributed by atoms with Crippen molar-refractivity contribution in [2.24, 2.45) is 0 Å². The lowest BCUT2D eigenvalue weighted by molar-refractivity contribution is 0.656. The van der Waals surface area contributed by atoms with Crippen LogP contribution in [0.15, 0.2) is 30.3 Å². The molecule has 1 rings (SSSR count). The van der Waals surface area contributed by atoms with Crippen molar-refractivity contribution >= 4 is 5.69 Å². The molecule has 0 saturated heterocycles. The van der Waals surface area contributed by atoms with E-state index in [-0.39, 0.29) is 0 Å². The molecule has 0 unspecified atom stereocenters. The Balaban J connectivity index is 0. The summed E-state index contributed by atoms with van der Waals surface area (Å²) in [6.45, 7) is 8.49. The molecular weight excluding hydrogens is 218 g/mol. The van der Waals surface area contributed by atoms with Crippen molar-refractivity contribution in [1.82, 2.24) is 0 Å². The van der Waals surface area contributed by atoms with E-state index in [2.05, 4.69) is 30.9 Å². The van der Waals surface area contributed by atoms with Gasteiger partial charge in [0, 0.05) is 19.8 Å². The summed E-state index contributed by atoms with van der Waals surface area (Å²) in [7, 11) is 4.07. The van der Waals surface area contributed by atoms with E-state index in [0.29, 0.717) is 0 Å². The molecule has 0 heterocycles. The number of hydrogen-bond donors (Lipinski definition) is 0. The van der Waals surface area contributed by atoms with Gasteiger partial charge in [0.15, 0.2) is 0 Å². The molecule has 1 nitrogen and oxygen atoms in total. The number of rotatable bonds is 5. The zero-order valence-corrected chi connectivity index (χ0v) is 13.4. The molecule has 106 valence electrons. The molecule has 0 aromatic heterocycles. The molecular formula is C17H33N. The highest BCUT2D eigenvalue weighted by Gasteiger charge is 1.87.